The summed E-state index contributed by atoms with van der Waals surface area (Å²) in [6.45, 7) is 3.75. The Morgan fingerprint density at radius 3 is 2.64 bits per heavy atom. The molecule has 0 fully saturated rings. The summed E-state index contributed by atoms with van der Waals surface area (Å²) in [6.07, 6.45) is 0. The molecule has 0 atom stereocenters. The third kappa shape index (κ3) is 1.44. The minimum absolute atomic E-state index is 0.643. The molecule has 0 amide bonds. The van der Waals surface area contributed by atoms with E-state index in [1.807, 2.05) is 25.1 Å². The number of tetrazole rings is 1. The van der Waals surface area contributed by atoms with E-state index in [1.54, 1.807) is 6.92 Å². The Balaban J connectivity index is 2.47. The van der Waals surface area contributed by atoms with Crippen molar-refractivity contribution in [1.29, 1.82) is 0 Å². The molecule has 72 valence electrons. The third-order valence-electron chi connectivity index (χ3n) is 2.01. The Morgan fingerprint density at radius 2 is 2.07 bits per heavy atom. The summed E-state index contributed by atoms with van der Waals surface area (Å²) in [5.41, 5.74) is 8.38. The molecule has 0 aliphatic carbocycles. The molecular weight excluding hydrogens is 178 g/mol. The summed E-state index contributed by atoms with van der Waals surface area (Å²) < 4.78 is 0. The first-order valence-corrected chi connectivity index (χ1v) is 4.30. The number of nitrogens with zero attached hydrogens (tertiary/aromatic N) is 4. The van der Waals surface area contributed by atoms with Crippen LogP contribution in [0.25, 0.3) is 5.69 Å². The molecule has 1 aromatic carbocycles. The van der Waals surface area contributed by atoms with E-state index in [0.29, 0.717) is 5.82 Å². The molecule has 1 heterocycles. The van der Waals surface area contributed by atoms with Crippen LogP contribution in [0.5, 0.6) is 0 Å². The summed E-state index contributed by atoms with van der Waals surface area (Å²) >= 11 is 0. The van der Waals surface area contributed by atoms with E-state index in [-0.39, 0.29) is 0 Å². The van der Waals surface area contributed by atoms with Crippen LogP contribution >= 0.6 is 0 Å². The highest BCUT2D eigenvalue weighted by molar-refractivity contribution is 5.52. The fourth-order valence-corrected chi connectivity index (χ4v) is 1.15. The first-order valence-electron chi connectivity index (χ1n) is 4.30. The number of aryl methyl sites for hydroxylation is 2. The summed E-state index contributed by atoms with van der Waals surface area (Å²) in [4.78, 5) is 1.46. The van der Waals surface area contributed by atoms with Crippen molar-refractivity contribution in [2.75, 3.05) is 5.73 Å². The van der Waals surface area contributed by atoms with Gasteiger partial charge in [-0.2, -0.15) is 0 Å². The molecule has 5 heteroatoms. The van der Waals surface area contributed by atoms with Crippen molar-refractivity contribution >= 4 is 5.69 Å². The van der Waals surface area contributed by atoms with E-state index in [1.165, 1.54) is 4.80 Å². The molecule has 0 saturated heterocycles. The van der Waals surface area contributed by atoms with Crippen LogP contribution in [0.4, 0.5) is 5.69 Å². The number of hydrogen-bond donors (Lipinski definition) is 1. The molecule has 0 aliphatic heterocycles. The molecule has 0 unspecified atom stereocenters. The van der Waals surface area contributed by atoms with Gasteiger partial charge in [0, 0.05) is 5.69 Å². The zero-order chi connectivity index (χ0) is 10.1. The van der Waals surface area contributed by atoms with Gasteiger partial charge in [-0.15, -0.1) is 15.0 Å². The Kier molecular flexibility index (Phi) is 1.92. The van der Waals surface area contributed by atoms with Crippen molar-refractivity contribution in [3.05, 3.63) is 29.6 Å². The second kappa shape index (κ2) is 3.10. The molecule has 2 aromatic rings. The van der Waals surface area contributed by atoms with Crippen molar-refractivity contribution < 1.29 is 0 Å². The molecule has 2 rings (SSSR count). The number of anilines is 1. The van der Waals surface area contributed by atoms with Crippen LogP contribution in [0.1, 0.15) is 11.4 Å². The monoisotopic (exact) mass is 189 g/mol. The predicted molar refractivity (Wildman–Crippen MR) is 53.0 cm³/mol. The Hall–Kier alpha value is -1.91. The van der Waals surface area contributed by atoms with E-state index in [0.717, 1.165) is 16.9 Å². The minimum atomic E-state index is 0.643. The number of hydrogen-bond acceptors (Lipinski definition) is 4. The van der Waals surface area contributed by atoms with Gasteiger partial charge < -0.3 is 5.73 Å². The van der Waals surface area contributed by atoms with E-state index < -0.39 is 0 Å². The van der Waals surface area contributed by atoms with Crippen molar-refractivity contribution in [3.8, 4) is 5.69 Å². The SMILES string of the molecule is Cc1nnn(-c2ccc(C)c(N)c2)n1. The van der Waals surface area contributed by atoms with Gasteiger partial charge in [0.25, 0.3) is 0 Å². The first kappa shape index (κ1) is 8.68. The van der Waals surface area contributed by atoms with Gasteiger partial charge in [0.1, 0.15) is 0 Å². The lowest BCUT2D eigenvalue weighted by Gasteiger charge is -2.02. The molecule has 2 N–H and O–H groups in total. The van der Waals surface area contributed by atoms with Crippen LogP contribution in [0.2, 0.25) is 0 Å². The Morgan fingerprint density at radius 1 is 1.29 bits per heavy atom. The molecule has 0 bridgehead atoms. The van der Waals surface area contributed by atoms with Gasteiger partial charge in [0.15, 0.2) is 5.82 Å². The van der Waals surface area contributed by atoms with Crippen molar-refractivity contribution in [2.24, 2.45) is 0 Å². The standard InChI is InChI=1S/C9H11N5/c1-6-3-4-8(5-9(6)10)14-12-7(2)11-13-14/h3-5H,10H2,1-2H3. The molecule has 0 saturated carbocycles. The van der Waals surface area contributed by atoms with Crippen LogP contribution in [0.3, 0.4) is 0 Å². The average molecular weight is 189 g/mol. The highest BCUT2D eigenvalue weighted by Crippen LogP contribution is 2.14. The van der Waals surface area contributed by atoms with Gasteiger partial charge in [0.05, 0.1) is 5.69 Å². The Labute approximate surface area is 81.5 Å². The smallest absolute Gasteiger partial charge is 0.172 e. The average Bonchev–Trinajstić information content (AvgIpc) is 2.57. The van der Waals surface area contributed by atoms with Gasteiger partial charge >= 0.3 is 0 Å². The predicted octanol–water partition coefficient (Wildman–Crippen LogP) is 0.861. The van der Waals surface area contributed by atoms with E-state index in [4.69, 9.17) is 5.73 Å². The number of aromatic nitrogens is 4. The lowest BCUT2D eigenvalue weighted by atomic mass is 10.2. The zero-order valence-electron chi connectivity index (χ0n) is 8.10. The van der Waals surface area contributed by atoms with Crippen molar-refractivity contribution in [1.82, 2.24) is 20.2 Å². The maximum Gasteiger partial charge on any atom is 0.172 e. The first-order chi connectivity index (χ1) is 6.66. The number of nitrogen functional groups attached to an aromatic ring is 1. The second-order valence-electron chi connectivity index (χ2n) is 3.17. The van der Waals surface area contributed by atoms with Crippen molar-refractivity contribution in [2.45, 2.75) is 13.8 Å². The topological polar surface area (TPSA) is 69.6 Å². The van der Waals surface area contributed by atoms with Crippen LogP contribution in [0, 0.1) is 13.8 Å². The molecule has 14 heavy (non-hydrogen) atoms. The lowest BCUT2D eigenvalue weighted by molar-refractivity contribution is 0.719. The summed E-state index contributed by atoms with van der Waals surface area (Å²) in [7, 11) is 0. The molecule has 1 aromatic heterocycles. The number of nitrogens with two attached hydrogens (primary N) is 1. The minimum Gasteiger partial charge on any atom is -0.398 e. The van der Waals surface area contributed by atoms with Crippen LogP contribution < -0.4 is 5.73 Å². The van der Waals surface area contributed by atoms with E-state index >= 15 is 0 Å². The molecule has 0 spiro atoms. The largest absolute Gasteiger partial charge is 0.398 e. The number of benzene rings is 1. The van der Waals surface area contributed by atoms with Gasteiger partial charge in [-0.1, -0.05) is 6.07 Å². The number of rotatable bonds is 1. The Bertz CT molecular complexity index is 460. The summed E-state index contributed by atoms with van der Waals surface area (Å²) in [5, 5.41) is 11.8. The molecule has 0 radical (unpaired) electrons. The molecule has 0 aliphatic rings. The summed E-state index contributed by atoms with van der Waals surface area (Å²) in [5.74, 6) is 0.643. The van der Waals surface area contributed by atoms with E-state index in [2.05, 4.69) is 15.4 Å². The van der Waals surface area contributed by atoms with Gasteiger partial charge in [0.2, 0.25) is 0 Å². The van der Waals surface area contributed by atoms with Gasteiger partial charge in [-0.05, 0) is 36.8 Å². The highest BCUT2D eigenvalue weighted by atomic mass is 15.6. The van der Waals surface area contributed by atoms with Crippen molar-refractivity contribution in [3.63, 3.8) is 0 Å². The van der Waals surface area contributed by atoms with Gasteiger partial charge in [-0.3, -0.25) is 0 Å². The quantitative estimate of drug-likeness (QED) is 0.675. The fraction of sp³-hybridized carbons (Fsp3) is 0.222. The van der Waals surface area contributed by atoms with Gasteiger partial charge in [-0.25, -0.2) is 0 Å². The highest BCUT2D eigenvalue weighted by Gasteiger charge is 2.02. The molecular formula is C9H11N5. The second-order valence-corrected chi connectivity index (χ2v) is 3.17. The van der Waals surface area contributed by atoms with Crippen LogP contribution in [-0.4, -0.2) is 20.2 Å². The summed E-state index contributed by atoms with van der Waals surface area (Å²) in [6, 6.07) is 5.67. The molecule has 5 nitrogen and oxygen atoms in total. The third-order valence-corrected chi connectivity index (χ3v) is 2.01. The van der Waals surface area contributed by atoms with Crippen LogP contribution in [0.15, 0.2) is 18.2 Å². The fourth-order valence-electron chi connectivity index (χ4n) is 1.15. The maximum absolute atomic E-state index is 5.78. The normalized spacial score (nSPS) is 10.4. The maximum atomic E-state index is 5.78. The van der Waals surface area contributed by atoms with Crippen LogP contribution in [-0.2, 0) is 0 Å². The van der Waals surface area contributed by atoms with E-state index in [9.17, 15) is 0 Å². The lowest BCUT2D eigenvalue weighted by Crippen LogP contribution is -2.01. The zero-order valence-corrected chi connectivity index (χ0v) is 8.10.